The summed E-state index contributed by atoms with van der Waals surface area (Å²) in [5, 5.41) is 6.30. The molecule has 2 N–H and O–H groups in total. The minimum Gasteiger partial charge on any atom is -0.494 e. The Morgan fingerprint density at radius 1 is 1.29 bits per heavy atom. The van der Waals surface area contributed by atoms with Crippen LogP contribution in [0, 0.1) is 5.92 Å². The molecule has 0 spiro atoms. The monoisotopic (exact) mass is 354 g/mol. The second kappa shape index (κ2) is 11.0. The normalized spacial score (nSPS) is 16.3. The molecule has 0 aromatic heterocycles. The van der Waals surface area contributed by atoms with Crippen molar-refractivity contribution in [2.75, 3.05) is 26.2 Å². The molecule has 6 heteroatoms. The molecule has 1 aromatic carbocycles. The molecule has 1 saturated heterocycles. The maximum absolute atomic E-state index is 11.7. The number of halogens is 1. The minimum atomic E-state index is 0. The first-order chi connectivity index (χ1) is 11.1. The molecule has 0 aliphatic carbocycles. The summed E-state index contributed by atoms with van der Waals surface area (Å²) in [6, 6.07) is 7.07. The molecule has 134 valence electrons. The van der Waals surface area contributed by atoms with E-state index in [1.54, 1.807) is 24.3 Å². The van der Waals surface area contributed by atoms with E-state index in [2.05, 4.69) is 10.6 Å². The maximum atomic E-state index is 11.7. The van der Waals surface area contributed by atoms with Crippen LogP contribution >= 0.6 is 12.4 Å². The summed E-state index contributed by atoms with van der Waals surface area (Å²) < 4.78 is 5.58. The van der Waals surface area contributed by atoms with Crippen LogP contribution in [-0.2, 0) is 4.79 Å². The second-order valence-electron chi connectivity index (χ2n) is 6.03. The number of ether oxygens (including phenoxy) is 1. The van der Waals surface area contributed by atoms with Gasteiger partial charge in [-0.3, -0.25) is 9.59 Å². The zero-order valence-electron chi connectivity index (χ0n) is 14.2. The first kappa shape index (κ1) is 20.5. The van der Waals surface area contributed by atoms with Gasteiger partial charge in [-0.25, -0.2) is 0 Å². The fourth-order valence-electron chi connectivity index (χ4n) is 2.67. The molecular weight excluding hydrogens is 328 g/mol. The third-order valence-electron chi connectivity index (χ3n) is 4.11. The van der Waals surface area contributed by atoms with Crippen LogP contribution in [0.3, 0.4) is 0 Å². The van der Waals surface area contributed by atoms with Crippen LogP contribution in [0.25, 0.3) is 0 Å². The van der Waals surface area contributed by atoms with Gasteiger partial charge in [-0.15, -0.1) is 12.4 Å². The highest BCUT2D eigenvalue weighted by atomic mass is 35.5. The summed E-state index contributed by atoms with van der Waals surface area (Å²) in [5.74, 6) is 1.56. The Kier molecular flexibility index (Phi) is 9.42. The topological polar surface area (TPSA) is 67.4 Å². The second-order valence-corrected chi connectivity index (χ2v) is 6.03. The number of hydrogen-bond acceptors (Lipinski definition) is 4. The van der Waals surface area contributed by atoms with E-state index in [-0.39, 0.29) is 24.1 Å². The highest BCUT2D eigenvalue weighted by molar-refractivity contribution is 5.94. The van der Waals surface area contributed by atoms with E-state index in [9.17, 15) is 9.59 Å². The molecule has 1 aromatic rings. The van der Waals surface area contributed by atoms with Gasteiger partial charge in [-0.2, -0.15) is 0 Å². The van der Waals surface area contributed by atoms with Crippen LogP contribution in [-0.4, -0.2) is 37.9 Å². The van der Waals surface area contributed by atoms with Gasteiger partial charge in [0, 0.05) is 18.5 Å². The standard InChI is InChI=1S/C18H26N2O3.ClH/c1-14(21)16-4-6-17(7-5-16)23-12-2-3-18(22)20-11-9-15-8-10-19-13-15;/h4-7,15,19H,2-3,8-13H2,1H3,(H,20,22);1H. The number of carbonyl (C=O) groups excluding carboxylic acids is 2. The van der Waals surface area contributed by atoms with Gasteiger partial charge in [-0.05, 0) is 69.5 Å². The Balaban J connectivity index is 0.00000288. The summed E-state index contributed by atoms with van der Waals surface area (Å²) in [7, 11) is 0. The highest BCUT2D eigenvalue weighted by Crippen LogP contribution is 2.13. The predicted molar refractivity (Wildman–Crippen MR) is 97.0 cm³/mol. The van der Waals surface area contributed by atoms with Crippen molar-refractivity contribution in [1.29, 1.82) is 0 Å². The minimum absolute atomic E-state index is 0. The Bertz CT molecular complexity index is 514. The van der Waals surface area contributed by atoms with E-state index in [0.717, 1.165) is 31.8 Å². The summed E-state index contributed by atoms with van der Waals surface area (Å²) in [6.45, 7) is 4.98. The molecule has 1 heterocycles. The number of hydrogen-bond donors (Lipinski definition) is 2. The number of ketones is 1. The van der Waals surface area contributed by atoms with Gasteiger partial charge in [0.1, 0.15) is 5.75 Å². The lowest BCUT2D eigenvalue weighted by Gasteiger charge is -2.10. The number of Topliss-reactive ketones (excluding diaryl/α,β-unsaturated/α-hetero) is 1. The van der Waals surface area contributed by atoms with Gasteiger partial charge in [0.15, 0.2) is 5.78 Å². The van der Waals surface area contributed by atoms with Gasteiger partial charge in [0.2, 0.25) is 5.91 Å². The highest BCUT2D eigenvalue weighted by Gasteiger charge is 2.13. The van der Waals surface area contributed by atoms with Crippen molar-refractivity contribution < 1.29 is 14.3 Å². The first-order valence-electron chi connectivity index (χ1n) is 8.36. The van der Waals surface area contributed by atoms with E-state index < -0.39 is 0 Å². The fraction of sp³-hybridized carbons (Fsp3) is 0.556. The predicted octanol–water partition coefficient (Wildman–Crippen LogP) is 2.59. The van der Waals surface area contributed by atoms with E-state index in [0.29, 0.717) is 30.9 Å². The summed E-state index contributed by atoms with van der Waals surface area (Å²) in [5.41, 5.74) is 0.675. The number of rotatable bonds is 9. The Labute approximate surface area is 149 Å². The number of carbonyl (C=O) groups is 2. The van der Waals surface area contributed by atoms with Crippen LogP contribution in [0.1, 0.15) is 43.0 Å². The van der Waals surface area contributed by atoms with Crippen LogP contribution < -0.4 is 15.4 Å². The smallest absolute Gasteiger partial charge is 0.220 e. The fourth-order valence-corrected chi connectivity index (χ4v) is 2.67. The van der Waals surface area contributed by atoms with E-state index in [4.69, 9.17) is 4.74 Å². The van der Waals surface area contributed by atoms with Crippen molar-refractivity contribution in [3.8, 4) is 5.75 Å². The lowest BCUT2D eigenvalue weighted by atomic mass is 10.1. The third kappa shape index (κ3) is 7.32. The van der Waals surface area contributed by atoms with Gasteiger partial charge < -0.3 is 15.4 Å². The molecule has 2 rings (SSSR count). The van der Waals surface area contributed by atoms with Crippen molar-refractivity contribution in [2.24, 2.45) is 5.92 Å². The number of benzene rings is 1. The average molecular weight is 355 g/mol. The lowest BCUT2D eigenvalue weighted by Crippen LogP contribution is -2.26. The van der Waals surface area contributed by atoms with Crippen molar-refractivity contribution in [2.45, 2.75) is 32.6 Å². The van der Waals surface area contributed by atoms with Crippen LogP contribution in [0.5, 0.6) is 5.75 Å². The molecule has 24 heavy (non-hydrogen) atoms. The molecule has 1 aliphatic rings. The summed E-state index contributed by atoms with van der Waals surface area (Å²) in [6.07, 6.45) is 3.43. The molecule has 1 amide bonds. The van der Waals surface area contributed by atoms with Crippen molar-refractivity contribution in [1.82, 2.24) is 10.6 Å². The zero-order valence-corrected chi connectivity index (χ0v) is 15.0. The molecular formula is C18H27ClN2O3. The molecule has 1 aliphatic heterocycles. The van der Waals surface area contributed by atoms with Gasteiger partial charge >= 0.3 is 0 Å². The largest absolute Gasteiger partial charge is 0.494 e. The van der Waals surface area contributed by atoms with Gasteiger partial charge in [0.25, 0.3) is 0 Å². The molecule has 5 nitrogen and oxygen atoms in total. The molecule has 1 fully saturated rings. The third-order valence-corrected chi connectivity index (χ3v) is 4.11. The number of nitrogens with one attached hydrogen (secondary N) is 2. The van der Waals surface area contributed by atoms with E-state index >= 15 is 0 Å². The quantitative estimate of drug-likeness (QED) is 0.528. The number of amides is 1. The van der Waals surface area contributed by atoms with Crippen molar-refractivity contribution in [3.63, 3.8) is 0 Å². The Morgan fingerprint density at radius 3 is 2.67 bits per heavy atom. The summed E-state index contributed by atoms with van der Waals surface area (Å²) >= 11 is 0. The van der Waals surface area contributed by atoms with Crippen LogP contribution in [0.4, 0.5) is 0 Å². The Hall–Kier alpha value is -1.59. The van der Waals surface area contributed by atoms with Crippen molar-refractivity contribution in [3.05, 3.63) is 29.8 Å². The lowest BCUT2D eigenvalue weighted by molar-refractivity contribution is -0.121. The molecule has 0 bridgehead atoms. The van der Waals surface area contributed by atoms with Crippen molar-refractivity contribution >= 4 is 24.1 Å². The van der Waals surface area contributed by atoms with Crippen LogP contribution in [0.15, 0.2) is 24.3 Å². The first-order valence-corrected chi connectivity index (χ1v) is 8.36. The Morgan fingerprint density at radius 2 is 2.04 bits per heavy atom. The van der Waals surface area contributed by atoms with E-state index in [1.165, 1.54) is 13.3 Å². The van der Waals surface area contributed by atoms with Crippen LogP contribution in [0.2, 0.25) is 0 Å². The average Bonchev–Trinajstić information content (AvgIpc) is 3.05. The van der Waals surface area contributed by atoms with E-state index in [1.807, 2.05) is 0 Å². The van der Waals surface area contributed by atoms with Gasteiger partial charge in [0.05, 0.1) is 6.61 Å². The molecule has 1 atom stereocenters. The maximum Gasteiger partial charge on any atom is 0.220 e. The molecule has 1 unspecified atom stereocenters. The SMILES string of the molecule is CC(=O)c1ccc(OCCCC(=O)NCCC2CCNC2)cc1.Cl. The molecule has 0 radical (unpaired) electrons. The van der Waals surface area contributed by atoms with Gasteiger partial charge in [-0.1, -0.05) is 0 Å². The molecule has 0 saturated carbocycles. The summed E-state index contributed by atoms with van der Waals surface area (Å²) in [4.78, 5) is 22.9. The zero-order chi connectivity index (χ0) is 16.5.